The summed E-state index contributed by atoms with van der Waals surface area (Å²) in [5, 5.41) is 26.5. The number of hydrogen-bond donors (Lipinski definition) is 3. The molecule has 5 aromatic carbocycles. The van der Waals surface area contributed by atoms with Crippen LogP contribution in [0.5, 0.6) is 11.5 Å². The van der Waals surface area contributed by atoms with Crippen LogP contribution >= 0.6 is 0 Å². The molecule has 0 aromatic heterocycles. The van der Waals surface area contributed by atoms with Crippen LogP contribution in [-0.2, 0) is 16.6 Å². The lowest BCUT2D eigenvalue weighted by molar-refractivity contribution is -0.384. The first kappa shape index (κ1) is 34.1. The van der Waals surface area contributed by atoms with Gasteiger partial charge in [-0.1, -0.05) is 87.5 Å². The fourth-order valence-corrected chi connectivity index (χ4v) is 5.11. The Morgan fingerprint density at radius 3 is 1.98 bits per heavy atom. The molecular weight excluding hydrogens is 622 g/mol. The minimum absolute atomic E-state index is 0.0109. The molecule has 0 spiro atoms. The minimum atomic E-state index is -1.29. The highest BCUT2D eigenvalue weighted by atomic mass is 16.6. The number of ether oxygens (including phenoxy) is 1. The summed E-state index contributed by atoms with van der Waals surface area (Å²) in [7, 11) is 0. The topological polar surface area (TPSA) is 148 Å². The maximum absolute atomic E-state index is 13.8. The van der Waals surface area contributed by atoms with Gasteiger partial charge in [0.15, 0.2) is 0 Å². The Labute approximate surface area is 283 Å². The summed E-state index contributed by atoms with van der Waals surface area (Å²) in [6.07, 6.45) is 0.0109. The lowest BCUT2D eigenvalue weighted by atomic mass is 9.86. The van der Waals surface area contributed by atoms with Crippen LogP contribution in [0.25, 0.3) is 11.1 Å². The molecule has 10 heteroatoms. The van der Waals surface area contributed by atoms with Crippen molar-refractivity contribution in [3.05, 3.63) is 154 Å². The first-order valence-corrected chi connectivity index (χ1v) is 15.5. The molecule has 49 heavy (non-hydrogen) atoms. The maximum atomic E-state index is 13.8. The van der Waals surface area contributed by atoms with Crippen LogP contribution in [-0.4, -0.2) is 33.9 Å². The van der Waals surface area contributed by atoms with E-state index in [0.717, 1.165) is 16.7 Å². The Hall–Kier alpha value is -6.29. The predicted octanol–water partition coefficient (Wildman–Crippen LogP) is 8.03. The number of nitro groups is 1. The third kappa shape index (κ3) is 8.75. The van der Waals surface area contributed by atoms with Gasteiger partial charge in [0.05, 0.1) is 16.2 Å². The standard InChI is InChI=1S/C39H35N3O7/c1-39(2,3)29-15-13-28(14-16-29)36(43)40-34-22-21-32(49-31-19-17-30(18-20-31)42(47)48)24-33(34)37(44)41-35(38(45)46)23-25-9-11-27(12-10-25)26-7-5-4-6-8-26/h4-22,24,35H,23H2,1-3H3,(H,40,43)(H,41,44)(H,45,46). The fourth-order valence-electron chi connectivity index (χ4n) is 5.11. The number of nitrogens with one attached hydrogen (secondary N) is 2. The van der Waals surface area contributed by atoms with Gasteiger partial charge >= 0.3 is 5.97 Å². The molecule has 0 aliphatic heterocycles. The quantitative estimate of drug-likeness (QED) is 0.0962. The molecule has 1 atom stereocenters. The Balaban J connectivity index is 1.40. The molecule has 0 saturated heterocycles. The van der Waals surface area contributed by atoms with Crippen LogP contribution in [0.1, 0.15) is 52.6 Å². The summed E-state index contributed by atoms with van der Waals surface area (Å²) >= 11 is 0. The van der Waals surface area contributed by atoms with Crippen molar-refractivity contribution in [2.24, 2.45) is 0 Å². The lowest BCUT2D eigenvalue weighted by Crippen LogP contribution is -2.42. The third-order valence-electron chi connectivity index (χ3n) is 7.88. The monoisotopic (exact) mass is 657 g/mol. The molecule has 1 unspecified atom stereocenters. The zero-order valence-electron chi connectivity index (χ0n) is 27.2. The predicted molar refractivity (Wildman–Crippen MR) is 187 cm³/mol. The van der Waals surface area contributed by atoms with Gasteiger partial charge in [0.1, 0.15) is 17.5 Å². The molecule has 0 aliphatic carbocycles. The smallest absolute Gasteiger partial charge is 0.326 e. The van der Waals surface area contributed by atoms with E-state index < -0.39 is 28.7 Å². The Bertz CT molecular complexity index is 1970. The van der Waals surface area contributed by atoms with E-state index in [1.165, 1.54) is 42.5 Å². The van der Waals surface area contributed by atoms with Gasteiger partial charge in [0, 0.05) is 24.1 Å². The zero-order chi connectivity index (χ0) is 35.1. The molecule has 0 fully saturated rings. The zero-order valence-corrected chi connectivity index (χ0v) is 27.2. The van der Waals surface area contributed by atoms with Crippen molar-refractivity contribution in [1.29, 1.82) is 0 Å². The highest BCUT2D eigenvalue weighted by Crippen LogP contribution is 2.29. The summed E-state index contributed by atoms with van der Waals surface area (Å²) in [5.41, 5.74) is 3.99. The number of carbonyl (C=O) groups excluding carboxylic acids is 2. The van der Waals surface area contributed by atoms with Crippen molar-refractivity contribution in [3.8, 4) is 22.6 Å². The highest BCUT2D eigenvalue weighted by molar-refractivity contribution is 6.09. The van der Waals surface area contributed by atoms with Crippen LogP contribution in [0.2, 0.25) is 0 Å². The van der Waals surface area contributed by atoms with E-state index in [1.807, 2.05) is 66.7 Å². The van der Waals surface area contributed by atoms with E-state index in [2.05, 4.69) is 31.4 Å². The highest BCUT2D eigenvalue weighted by Gasteiger charge is 2.24. The first-order valence-electron chi connectivity index (χ1n) is 15.5. The summed E-state index contributed by atoms with van der Waals surface area (Å²) < 4.78 is 5.86. The van der Waals surface area contributed by atoms with Crippen LogP contribution < -0.4 is 15.4 Å². The number of anilines is 1. The Morgan fingerprint density at radius 1 is 0.776 bits per heavy atom. The first-order chi connectivity index (χ1) is 23.4. The van der Waals surface area contributed by atoms with Crippen molar-refractivity contribution < 1.29 is 29.2 Å². The molecule has 0 radical (unpaired) electrons. The van der Waals surface area contributed by atoms with Gasteiger partial charge in [-0.05, 0) is 70.1 Å². The number of hydrogen-bond acceptors (Lipinski definition) is 6. The molecule has 0 aliphatic rings. The number of nitro benzene ring substituents is 1. The van der Waals surface area contributed by atoms with Crippen LogP contribution in [0.3, 0.4) is 0 Å². The summed E-state index contributed by atoms with van der Waals surface area (Å²) in [6.45, 7) is 6.20. The average Bonchev–Trinajstić information content (AvgIpc) is 3.09. The van der Waals surface area contributed by atoms with Crippen molar-refractivity contribution in [2.45, 2.75) is 38.6 Å². The molecule has 248 valence electrons. The number of non-ortho nitro benzene ring substituents is 1. The maximum Gasteiger partial charge on any atom is 0.326 e. The van der Waals surface area contributed by atoms with E-state index in [0.29, 0.717) is 11.1 Å². The third-order valence-corrected chi connectivity index (χ3v) is 7.88. The molecule has 5 aromatic rings. The molecule has 3 N–H and O–H groups in total. The second-order valence-electron chi connectivity index (χ2n) is 12.5. The number of benzene rings is 5. The van der Waals surface area contributed by atoms with Crippen molar-refractivity contribution >= 4 is 29.2 Å². The number of rotatable bonds is 11. The van der Waals surface area contributed by atoms with Gasteiger partial charge < -0.3 is 20.5 Å². The van der Waals surface area contributed by atoms with E-state index in [1.54, 1.807) is 12.1 Å². The van der Waals surface area contributed by atoms with Crippen LogP contribution in [0.15, 0.2) is 121 Å². The van der Waals surface area contributed by atoms with E-state index in [-0.39, 0.29) is 40.3 Å². The van der Waals surface area contributed by atoms with Gasteiger partial charge in [0.2, 0.25) is 0 Å². The minimum Gasteiger partial charge on any atom is -0.480 e. The largest absolute Gasteiger partial charge is 0.480 e. The number of carboxylic acids is 1. The summed E-state index contributed by atoms with van der Waals surface area (Å²) in [5.74, 6) is -1.99. The normalized spacial score (nSPS) is 11.7. The van der Waals surface area contributed by atoms with Crippen LogP contribution in [0, 0.1) is 10.1 Å². The van der Waals surface area contributed by atoms with Crippen molar-refractivity contribution in [2.75, 3.05) is 5.32 Å². The van der Waals surface area contributed by atoms with Gasteiger partial charge in [-0.3, -0.25) is 19.7 Å². The lowest BCUT2D eigenvalue weighted by Gasteiger charge is -2.19. The molecule has 0 saturated carbocycles. The molecular formula is C39H35N3O7. The fraction of sp³-hybridized carbons (Fsp3) is 0.154. The van der Waals surface area contributed by atoms with Gasteiger partial charge in [-0.15, -0.1) is 0 Å². The van der Waals surface area contributed by atoms with Crippen LogP contribution in [0.4, 0.5) is 11.4 Å². The van der Waals surface area contributed by atoms with Gasteiger partial charge in [-0.25, -0.2) is 4.79 Å². The van der Waals surface area contributed by atoms with Crippen molar-refractivity contribution in [1.82, 2.24) is 5.32 Å². The Morgan fingerprint density at radius 2 is 1.39 bits per heavy atom. The summed E-state index contributed by atoms with van der Waals surface area (Å²) in [4.78, 5) is 49.9. The van der Waals surface area contributed by atoms with E-state index in [4.69, 9.17) is 4.74 Å². The van der Waals surface area contributed by atoms with Gasteiger partial charge in [-0.2, -0.15) is 0 Å². The van der Waals surface area contributed by atoms with Gasteiger partial charge in [0.25, 0.3) is 17.5 Å². The molecule has 10 nitrogen and oxygen atoms in total. The Kier molecular flexibility index (Phi) is 10.2. The summed E-state index contributed by atoms with van der Waals surface area (Å²) in [6, 6.07) is 32.8. The van der Waals surface area contributed by atoms with E-state index in [9.17, 15) is 29.6 Å². The number of carbonyl (C=O) groups is 3. The molecule has 5 rings (SSSR count). The molecule has 0 bridgehead atoms. The average molecular weight is 658 g/mol. The molecule has 0 heterocycles. The number of carboxylic acid groups (broad SMARTS) is 1. The SMILES string of the molecule is CC(C)(C)c1ccc(C(=O)Nc2ccc(Oc3ccc([N+](=O)[O-])cc3)cc2C(=O)NC(Cc2ccc(-c3ccccc3)cc2)C(=O)O)cc1. The number of nitrogens with zero attached hydrogens (tertiary/aromatic N) is 1. The van der Waals surface area contributed by atoms with E-state index >= 15 is 0 Å². The number of amides is 2. The molecule has 2 amide bonds. The van der Waals surface area contributed by atoms with Crippen molar-refractivity contribution in [3.63, 3.8) is 0 Å². The second kappa shape index (κ2) is 14.6. The second-order valence-corrected chi connectivity index (χ2v) is 12.5. The number of aliphatic carboxylic acids is 1.